The van der Waals surface area contributed by atoms with E-state index in [0.717, 1.165) is 30.0 Å². The Kier molecular flexibility index (Phi) is 5.92. The summed E-state index contributed by atoms with van der Waals surface area (Å²) in [6.45, 7) is 0.0680. The Balaban J connectivity index is 1.53. The third kappa shape index (κ3) is 4.98. The molecule has 0 amide bonds. The van der Waals surface area contributed by atoms with E-state index in [1.54, 1.807) is 31.4 Å². The maximum atomic E-state index is 13.2. The topological polar surface area (TPSA) is 94.7 Å². The molecule has 0 bridgehead atoms. The van der Waals surface area contributed by atoms with Crippen LogP contribution in [0.4, 0.5) is 4.39 Å². The Morgan fingerprint density at radius 3 is 2.67 bits per heavy atom. The highest BCUT2D eigenvalue weighted by molar-refractivity contribution is 7.99. The van der Waals surface area contributed by atoms with Crippen molar-refractivity contribution >= 4 is 17.5 Å². The molecule has 0 unspecified atom stereocenters. The zero-order valence-electron chi connectivity index (χ0n) is 14.2. The van der Waals surface area contributed by atoms with E-state index in [2.05, 4.69) is 10.2 Å². The standard InChI is InChI=1S/C18H15FN2O5S/c1-24-12-3-5-13(6-4-12)25-9-17-20-21-18(26-17)27-10-16(23)14-8-11(19)2-7-15(14)22/h2-8,22H,9-10H2,1H3. The molecule has 9 heteroatoms. The number of hydrogen-bond acceptors (Lipinski definition) is 8. The molecule has 7 nitrogen and oxygen atoms in total. The van der Waals surface area contributed by atoms with Gasteiger partial charge in [-0.2, -0.15) is 0 Å². The minimum atomic E-state index is -0.600. The number of methoxy groups -OCH3 is 1. The van der Waals surface area contributed by atoms with Crippen LogP contribution in [0.1, 0.15) is 16.2 Å². The molecule has 27 heavy (non-hydrogen) atoms. The van der Waals surface area contributed by atoms with Crippen molar-refractivity contribution in [2.45, 2.75) is 11.8 Å². The lowest BCUT2D eigenvalue weighted by Crippen LogP contribution is -2.03. The van der Waals surface area contributed by atoms with Crippen LogP contribution < -0.4 is 9.47 Å². The zero-order valence-corrected chi connectivity index (χ0v) is 15.0. The molecule has 0 radical (unpaired) electrons. The van der Waals surface area contributed by atoms with Gasteiger partial charge in [0.05, 0.1) is 18.4 Å². The predicted molar refractivity (Wildman–Crippen MR) is 94.7 cm³/mol. The largest absolute Gasteiger partial charge is 0.507 e. The highest BCUT2D eigenvalue weighted by Crippen LogP contribution is 2.23. The number of carbonyl (C=O) groups is 1. The maximum Gasteiger partial charge on any atom is 0.277 e. The number of carbonyl (C=O) groups excluding carboxylic acids is 1. The molecular formula is C18H15FN2O5S. The van der Waals surface area contributed by atoms with E-state index >= 15 is 0 Å². The minimum Gasteiger partial charge on any atom is -0.507 e. The van der Waals surface area contributed by atoms with Gasteiger partial charge >= 0.3 is 0 Å². The van der Waals surface area contributed by atoms with E-state index < -0.39 is 11.6 Å². The number of rotatable bonds is 8. The van der Waals surface area contributed by atoms with E-state index in [4.69, 9.17) is 13.9 Å². The molecule has 0 saturated heterocycles. The number of hydrogen-bond donors (Lipinski definition) is 1. The third-order valence-electron chi connectivity index (χ3n) is 3.46. The second-order valence-corrected chi connectivity index (χ2v) is 6.23. The first-order chi connectivity index (χ1) is 13.0. The van der Waals surface area contributed by atoms with Gasteiger partial charge in [-0.15, -0.1) is 10.2 Å². The summed E-state index contributed by atoms with van der Waals surface area (Å²) in [5.74, 6) is 0.157. The fraction of sp³-hybridized carbons (Fsp3) is 0.167. The van der Waals surface area contributed by atoms with Gasteiger partial charge in [0, 0.05) is 0 Å². The van der Waals surface area contributed by atoms with Gasteiger partial charge in [0.25, 0.3) is 11.1 Å². The summed E-state index contributed by atoms with van der Waals surface area (Å²) in [4.78, 5) is 12.1. The molecule has 0 saturated carbocycles. The molecule has 0 fully saturated rings. The first kappa shape index (κ1) is 18.7. The normalized spacial score (nSPS) is 10.6. The van der Waals surface area contributed by atoms with Gasteiger partial charge in [0.2, 0.25) is 0 Å². The molecule has 1 aromatic heterocycles. The van der Waals surface area contributed by atoms with E-state index in [0.29, 0.717) is 11.5 Å². The quantitative estimate of drug-likeness (QED) is 0.461. The molecule has 3 aromatic rings. The van der Waals surface area contributed by atoms with Gasteiger partial charge in [-0.05, 0) is 42.5 Å². The number of ketones is 1. The molecule has 2 aromatic carbocycles. The van der Waals surface area contributed by atoms with Crippen LogP contribution in [0.2, 0.25) is 0 Å². The Labute approximate surface area is 158 Å². The summed E-state index contributed by atoms with van der Waals surface area (Å²) in [6, 6.07) is 10.2. The van der Waals surface area contributed by atoms with Gasteiger partial charge in [0.15, 0.2) is 12.4 Å². The van der Waals surface area contributed by atoms with Crippen molar-refractivity contribution in [3.05, 3.63) is 59.7 Å². The Bertz CT molecular complexity index is 930. The van der Waals surface area contributed by atoms with Gasteiger partial charge in [-0.3, -0.25) is 4.79 Å². The van der Waals surface area contributed by atoms with Crippen molar-refractivity contribution in [1.82, 2.24) is 10.2 Å². The Hall–Kier alpha value is -3.07. The van der Waals surface area contributed by atoms with Gasteiger partial charge < -0.3 is 19.0 Å². The van der Waals surface area contributed by atoms with Crippen molar-refractivity contribution in [2.24, 2.45) is 0 Å². The molecule has 0 atom stereocenters. The number of ether oxygens (including phenoxy) is 2. The summed E-state index contributed by atoms with van der Waals surface area (Å²) in [5, 5.41) is 17.5. The first-order valence-electron chi connectivity index (χ1n) is 7.79. The van der Waals surface area contributed by atoms with Crippen LogP contribution in [-0.4, -0.2) is 33.9 Å². The van der Waals surface area contributed by atoms with Gasteiger partial charge in [-0.1, -0.05) is 11.8 Å². The van der Waals surface area contributed by atoms with Crippen molar-refractivity contribution in [2.75, 3.05) is 12.9 Å². The molecular weight excluding hydrogens is 375 g/mol. The number of phenolic OH excluding ortho intramolecular Hbond substituents is 1. The van der Waals surface area contributed by atoms with Crippen LogP contribution in [0.15, 0.2) is 52.1 Å². The van der Waals surface area contributed by atoms with Crippen molar-refractivity contribution in [3.8, 4) is 17.2 Å². The van der Waals surface area contributed by atoms with Crippen LogP contribution in [0, 0.1) is 5.82 Å². The number of aromatic nitrogens is 2. The summed E-state index contributed by atoms with van der Waals surface area (Å²) in [7, 11) is 1.58. The maximum absolute atomic E-state index is 13.2. The fourth-order valence-electron chi connectivity index (χ4n) is 2.11. The van der Waals surface area contributed by atoms with Crippen LogP contribution in [0.5, 0.6) is 17.2 Å². The average molecular weight is 390 g/mol. The van der Waals surface area contributed by atoms with E-state index in [9.17, 15) is 14.3 Å². The zero-order chi connectivity index (χ0) is 19.2. The lowest BCUT2D eigenvalue weighted by Gasteiger charge is -2.04. The number of halogens is 1. The Morgan fingerprint density at radius 2 is 1.93 bits per heavy atom. The van der Waals surface area contributed by atoms with E-state index in [-0.39, 0.29) is 34.8 Å². The first-order valence-corrected chi connectivity index (χ1v) is 8.77. The van der Waals surface area contributed by atoms with Crippen LogP contribution >= 0.6 is 11.8 Å². The van der Waals surface area contributed by atoms with Gasteiger partial charge in [-0.25, -0.2) is 4.39 Å². The SMILES string of the molecule is COc1ccc(OCc2nnc(SCC(=O)c3cc(F)ccc3O)o2)cc1. The molecule has 0 aliphatic rings. The second-order valence-electron chi connectivity index (χ2n) is 5.30. The third-order valence-corrected chi connectivity index (χ3v) is 4.27. The predicted octanol–water partition coefficient (Wildman–Crippen LogP) is 3.48. The number of Topliss-reactive ketones (excluding diaryl/α,β-unsaturated/α-hetero) is 1. The van der Waals surface area contributed by atoms with Crippen LogP contribution in [0.3, 0.4) is 0 Å². The number of thioether (sulfide) groups is 1. The number of nitrogens with zero attached hydrogens (tertiary/aromatic N) is 2. The average Bonchev–Trinajstić information content (AvgIpc) is 3.14. The monoisotopic (exact) mass is 390 g/mol. The van der Waals surface area contributed by atoms with E-state index in [1.165, 1.54) is 0 Å². The summed E-state index contributed by atoms with van der Waals surface area (Å²) in [6.07, 6.45) is 0. The molecule has 140 valence electrons. The molecule has 1 heterocycles. The molecule has 1 N–H and O–H groups in total. The summed E-state index contributed by atoms with van der Waals surface area (Å²) in [5.41, 5.74) is -0.0925. The smallest absolute Gasteiger partial charge is 0.277 e. The van der Waals surface area contributed by atoms with Crippen molar-refractivity contribution in [1.29, 1.82) is 0 Å². The second kappa shape index (κ2) is 8.54. The number of phenols is 1. The van der Waals surface area contributed by atoms with Crippen molar-refractivity contribution in [3.63, 3.8) is 0 Å². The van der Waals surface area contributed by atoms with E-state index in [1.807, 2.05) is 0 Å². The molecule has 0 aliphatic carbocycles. The highest BCUT2D eigenvalue weighted by Gasteiger charge is 2.15. The number of aromatic hydroxyl groups is 1. The minimum absolute atomic E-state index is 0.0680. The molecule has 3 rings (SSSR count). The lowest BCUT2D eigenvalue weighted by molar-refractivity contribution is 0.101. The fourth-order valence-corrected chi connectivity index (χ4v) is 2.77. The molecule has 0 spiro atoms. The lowest BCUT2D eigenvalue weighted by atomic mass is 10.1. The highest BCUT2D eigenvalue weighted by atomic mass is 32.2. The van der Waals surface area contributed by atoms with Gasteiger partial charge in [0.1, 0.15) is 23.1 Å². The summed E-state index contributed by atoms with van der Waals surface area (Å²) >= 11 is 0.990. The van der Waals surface area contributed by atoms with Crippen molar-refractivity contribution < 1.29 is 28.2 Å². The van der Waals surface area contributed by atoms with Crippen LogP contribution in [-0.2, 0) is 6.61 Å². The molecule has 0 aliphatic heterocycles. The summed E-state index contributed by atoms with van der Waals surface area (Å²) < 4.78 is 29.2. The Morgan fingerprint density at radius 1 is 1.19 bits per heavy atom. The van der Waals surface area contributed by atoms with Crippen LogP contribution in [0.25, 0.3) is 0 Å². The number of benzene rings is 2.